The predicted molar refractivity (Wildman–Crippen MR) is 136 cm³/mol. The van der Waals surface area contributed by atoms with Crippen LogP contribution >= 0.6 is 0 Å². The first-order valence-electron chi connectivity index (χ1n) is 11.1. The number of carbonyl (C=O) groups excluding carboxylic acids is 1. The zero-order valence-electron chi connectivity index (χ0n) is 19.4. The maximum absolute atomic E-state index is 12.7. The van der Waals surface area contributed by atoms with E-state index in [2.05, 4.69) is 6.92 Å². The Bertz CT molecular complexity index is 1250. The number of carboxylic acid groups (broad SMARTS) is 1. The van der Waals surface area contributed by atoms with E-state index in [0.29, 0.717) is 5.75 Å². The van der Waals surface area contributed by atoms with Crippen LogP contribution in [0.15, 0.2) is 72.8 Å². The van der Waals surface area contributed by atoms with Crippen LogP contribution in [0.1, 0.15) is 45.5 Å². The summed E-state index contributed by atoms with van der Waals surface area (Å²) in [5.74, 6) is -0.843. The molecule has 5 heteroatoms. The van der Waals surface area contributed by atoms with Gasteiger partial charge in [0, 0.05) is 31.8 Å². The van der Waals surface area contributed by atoms with Crippen LogP contribution in [0.5, 0.6) is 5.75 Å². The van der Waals surface area contributed by atoms with Crippen molar-refractivity contribution < 1.29 is 19.4 Å². The van der Waals surface area contributed by atoms with Crippen LogP contribution in [0.3, 0.4) is 0 Å². The van der Waals surface area contributed by atoms with Crippen molar-refractivity contribution in [2.45, 2.75) is 12.8 Å². The van der Waals surface area contributed by atoms with Gasteiger partial charge in [-0.2, -0.15) is 0 Å². The lowest BCUT2D eigenvalue weighted by Gasteiger charge is -2.28. The van der Waals surface area contributed by atoms with E-state index >= 15 is 0 Å². The molecule has 1 heterocycles. The molecule has 0 spiro atoms. The molecule has 0 aliphatic carbocycles. The Morgan fingerprint density at radius 2 is 1.44 bits per heavy atom. The Hall–Kier alpha value is -4.12. The summed E-state index contributed by atoms with van der Waals surface area (Å²) in [5.41, 5.74) is 5.26. The Balaban J connectivity index is 1.43. The summed E-state index contributed by atoms with van der Waals surface area (Å²) in [5, 5.41) is 8.99. The van der Waals surface area contributed by atoms with Crippen LogP contribution in [-0.4, -0.2) is 31.1 Å². The smallest absolute Gasteiger partial charge is 0.335 e. The van der Waals surface area contributed by atoms with Gasteiger partial charge in [-0.05, 0) is 40.5 Å². The number of fused-ring (bicyclic) bond motifs is 1. The molecule has 0 saturated heterocycles. The molecule has 34 heavy (non-hydrogen) atoms. The van der Waals surface area contributed by atoms with Crippen molar-refractivity contribution in [3.63, 3.8) is 0 Å². The maximum atomic E-state index is 12.7. The predicted octanol–water partition coefficient (Wildman–Crippen LogP) is 5.97. The first-order valence-corrected chi connectivity index (χ1v) is 11.1. The van der Waals surface area contributed by atoms with Gasteiger partial charge in [0.2, 0.25) is 0 Å². The number of rotatable bonds is 6. The Morgan fingerprint density at radius 3 is 2.00 bits per heavy atom. The third-order valence-corrected chi connectivity index (χ3v) is 6.08. The van der Waals surface area contributed by atoms with Gasteiger partial charge in [-0.1, -0.05) is 73.7 Å². The zero-order chi connectivity index (χ0) is 24.2. The molecule has 1 N–H and O–H groups in total. The van der Waals surface area contributed by atoms with Crippen molar-refractivity contribution in [2.75, 3.05) is 19.0 Å². The molecule has 2 unspecified atom stereocenters. The molecule has 1 aliphatic rings. The van der Waals surface area contributed by atoms with Gasteiger partial charge < -0.3 is 14.7 Å². The standard InChI is InChI=1S/C29H27NO4/c1-19-25-17-15-24(30(2)3)18-27(25)34-29(33)26(19)16-12-21-7-4-20(5-8-21)6-9-22-10-13-23(14-11-22)28(31)32/h4-19,26H,1-3H3,(H,31,32)/b9-6+,16-12+. The Morgan fingerprint density at radius 1 is 0.882 bits per heavy atom. The number of anilines is 1. The normalized spacial score (nSPS) is 17.6. The van der Waals surface area contributed by atoms with Gasteiger partial charge >= 0.3 is 11.9 Å². The van der Waals surface area contributed by atoms with E-state index in [1.165, 1.54) is 0 Å². The van der Waals surface area contributed by atoms with Crippen LogP contribution < -0.4 is 9.64 Å². The first-order chi connectivity index (χ1) is 16.3. The zero-order valence-corrected chi connectivity index (χ0v) is 19.4. The van der Waals surface area contributed by atoms with Gasteiger partial charge in [0.05, 0.1) is 11.5 Å². The molecular formula is C29H27NO4. The van der Waals surface area contributed by atoms with E-state index in [1.807, 2.05) is 85.8 Å². The minimum atomic E-state index is -0.933. The molecule has 0 saturated carbocycles. The molecule has 0 aromatic heterocycles. The lowest BCUT2D eigenvalue weighted by atomic mass is 9.84. The molecule has 2 atom stereocenters. The average molecular weight is 454 g/mol. The number of esters is 1. The quantitative estimate of drug-likeness (QED) is 0.283. The van der Waals surface area contributed by atoms with Crippen LogP contribution in [0.25, 0.3) is 18.2 Å². The molecule has 5 nitrogen and oxygen atoms in total. The number of benzene rings is 3. The van der Waals surface area contributed by atoms with E-state index in [1.54, 1.807) is 24.3 Å². The summed E-state index contributed by atoms with van der Waals surface area (Å²) in [6.45, 7) is 2.06. The third kappa shape index (κ3) is 5.09. The number of carboxylic acids is 1. The van der Waals surface area contributed by atoms with E-state index in [4.69, 9.17) is 9.84 Å². The fourth-order valence-corrected chi connectivity index (χ4v) is 3.95. The lowest BCUT2D eigenvalue weighted by Crippen LogP contribution is -2.29. The van der Waals surface area contributed by atoms with Gasteiger partial charge in [-0.3, -0.25) is 4.79 Å². The molecule has 1 aliphatic heterocycles. The Labute approximate surface area is 199 Å². The summed E-state index contributed by atoms with van der Waals surface area (Å²) in [7, 11) is 3.92. The van der Waals surface area contributed by atoms with E-state index < -0.39 is 5.97 Å². The van der Waals surface area contributed by atoms with Gasteiger partial charge in [0.1, 0.15) is 5.75 Å². The molecular weight excluding hydrogens is 426 g/mol. The third-order valence-electron chi connectivity index (χ3n) is 6.08. The molecule has 0 fully saturated rings. The molecule has 0 amide bonds. The van der Waals surface area contributed by atoms with Crippen molar-refractivity contribution in [3.05, 3.63) is 101 Å². The van der Waals surface area contributed by atoms with Crippen molar-refractivity contribution in [1.29, 1.82) is 0 Å². The van der Waals surface area contributed by atoms with Crippen LogP contribution in [0.4, 0.5) is 5.69 Å². The molecule has 3 aromatic rings. The highest BCUT2D eigenvalue weighted by molar-refractivity contribution is 5.88. The summed E-state index contributed by atoms with van der Waals surface area (Å²) in [4.78, 5) is 25.6. The van der Waals surface area contributed by atoms with Crippen LogP contribution in [0.2, 0.25) is 0 Å². The fourth-order valence-electron chi connectivity index (χ4n) is 3.95. The van der Waals surface area contributed by atoms with Gasteiger partial charge in [-0.25, -0.2) is 4.79 Å². The second kappa shape index (κ2) is 9.79. The summed E-state index contributed by atoms with van der Waals surface area (Å²) in [6, 6.07) is 20.7. The summed E-state index contributed by atoms with van der Waals surface area (Å²) < 4.78 is 5.65. The molecule has 4 rings (SSSR count). The minimum absolute atomic E-state index is 0.0263. The number of hydrogen-bond donors (Lipinski definition) is 1. The van der Waals surface area contributed by atoms with Gasteiger partial charge in [0.25, 0.3) is 0 Å². The van der Waals surface area contributed by atoms with Crippen molar-refractivity contribution in [3.8, 4) is 5.75 Å². The van der Waals surface area contributed by atoms with Crippen molar-refractivity contribution >= 4 is 35.9 Å². The van der Waals surface area contributed by atoms with Crippen LogP contribution in [-0.2, 0) is 4.79 Å². The van der Waals surface area contributed by atoms with E-state index in [-0.39, 0.29) is 23.4 Å². The fraction of sp³-hybridized carbons (Fsp3) is 0.172. The average Bonchev–Trinajstić information content (AvgIpc) is 2.83. The molecule has 172 valence electrons. The first kappa shape index (κ1) is 23.1. The van der Waals surface area contributed by atoms with Gasteiger partial charge in [0.15, 0.2) is 0 Å². The second-order valence-corrected chi connectivity index (χ2v) is 8.64. The lowest BCUT2D eigenvalue weighted by molar-refractivity contribution is -0.139. The number of carbonyl (C=O) groups is 2. The molecule has 0 bridgehead atoms. The number of hydrogen-bond acceptors (Lipinski definition) is 4. The van der Waals surface area contributed by atoms with Crippen LogP contribution in [0, 0.1) is 5.92 Å². The number of aromatic carboxylic acids is 1. The maximum Gasteiger partial charge on any atom is 0.335 e. The highest BCUT2D eigenvalue weighted by Crippen LogP contribution is 2.40. The largest absolute Gasteiger partial charge is 0.478 e. The monoisotopic (exact) mass is 453 g/mol. The SMILES string of the molecule is CC1c2ccc(N(C)C)cc2OC(=O)C1/C=C/c1ccc(/C=C/c2ccc(C(=O)O)cc2)cc1. The number of ether oxygens (including phenoxy) is 1. The van der Waals surface area contributed by atoms with Crippen molar-refractivity contribution in [2.24, 2.45) is 5.92 Å². The highest BCUT2D eigenvalue weighted by Gasteiger charge is 2.33. The topological polar surface area (TPSA) is 66.8 Å². The van der Waals surface area contributed by atoms with E-state index in [9.17, 15) is 9.59 Å². The van der Waals surface area contributed by atoms with Crippen molar-refractivity contribution in [1.82, 2.24) is 0 Å². The molecule has 0 radical (unpaired) electrons. The summed E-state index contributed by atoms with van der Waals surface area (Å²) in [6.07, 6.45) is 7.79. The molecule has 3 aromatic carbocycles. The van der Waals surface area contributed by atoms with E-state index in [0.717, 1.165) is 27.9 Å². The summed E-state index contributed by atoms with van der Waals surface area (Å²) >= 11 is 0. The Kier molecular flexibility index (Phi) is 6.64. The second-order valence-electron chi connectivity index (χ2n) is 8.64. The highest BCUT2D eigenvalue weighted by atomic mass is 16.5. The number of nitrogens with zero attached hydrogens (tertiary/aromatic N) is 1. The van der Waals surface area contributed by atoms with Gasteiger partial charge in [-0.15, -0.1) is 0 Å². The minimum Gasteiger partial charge on any atom is -0.478 e.